The number of hydrogen-bond donors (Lipinski definition) is 0. The van der Waals surface area contributed by atoms with Gasteiger partial charge in [-0.15, -0.1) is 0 Å². The molecule has 2 heterocycles. The van der Waals surface area contributed by atoms with Crippen molar-refractivity contribution in [2.24, 2.45) is 0 Å². The minimum Gasteiger partial charge on any atom is -0.439 e. The molecule has 0 amide bonds. The molecule has 0 unspecified atom stereocenters. The second-order valence-corrected chi connectivity index (χ2v) is 9.44. The van der Waals surface area contributed by atoms with E-state index in [-0.39, 0.29) is 10.9 Å². The Morgan fingerprint density at radius 2 is 1.71 bits per heavy atom. The summed E-state index contributed by atoms with van der Waals surface area (Å²) in [5.74, 6) is 0.717. The first kappa shape index (κ1) is 21.5. The molecule has 0 saturated carbocycles. The zero-order chi connectivity index (χ0) is 22.0. The van der Waals surface area contributed by atoms with E-state index in [2.05, 4.69) is 9.97 Å². The van der Waals surface area contributed by atoms with Crippen LogP contribution in [0.2, 0.25) is 5.02 Å². The maximum atomic E-state index is 13.3. The van der Waals surface area contributed by atoms with Gasteiger partial charge in [0.1, 0.15) is 23.7 Å². The third-order valence-electron chi connectivity index (χ3n) is 4.96. The molecule has 0 aliphatic carbocycles. The molecule has 1 aromatic heterocycles. The molecule has 1 aliphatic rings. The van der Waals surface area contributed by atoms with Crippen molar-refractivity contribution in [2.75, 3.05) is 31.1 Å². The number of benzene rings is 2. The zero-order valence-electron chi connectivity index (χ0n) is 16.7. The van der Waals surface area contributed by atoms with Crippen LogP contribution in [0.4, 0.5) is 10.2 Å². The van der Waals surface area contributed by atoms with Crippen LogP contribution in [0.1, 0.15) is 5.56 Å². The van der Waals surface area contributed by atoms with Crippen molar-refractivity contribution in [1.29, 1.82) is 0 Å². The monoisotopic (exact) mass is 462 g/mol. The molecule has 4 rings (SSSR count). The van der Waals surface area contributed by atoms with Gasteiger partial charge in [-0.05, 0) is 31.2 Å². The first-order valence-electron chi connectivity index (χ1n) is 9.60. The lowest BCUT2D eigenvalue weighted by Crippen LogP contribution is -2.48. The van der Waals surface area contributed by atoms with Gasteiger partial charge in [-0.3, -0.25) is 0 Å². The topological polar surface area (TPSA) is 75.6 Å². The molecule has 0 spiro atoms. The second kappa shape index (κ2) is 8.78. The maximum Gasteiger partial charge on any atom is 0.243 e. The Morgan fingerprint density at radius 1 is 1.00 bits per heavy atom. The second-order valence-electron chi connectivity index (χ2n) is 7.10. The highest BCUT2D eigenvalue weighted by Gasteiger charge is 2.29. The Kier molecular flexibility index (Phi) is 6.08. The lowest BCUT2D eigenvalue weighted by Gasteiger charge is -2.34. The molecule has 0 atom stereocenters. The lowest BCUT2D eigenvalue weighted by atomic mass is 10.2. The van der Waals surface area contributed by atoms with E-state index in [4.69, 9.17) is 16.3 Å². The van der Waals surface area contributed by atoms with Gasteiger partial charge in [-0.2, -0.15) is 4.31 Å². The van der Waals surface area contributed by atoms with E-state index in [1.165, 1.54) is 28.8 Å². The summed E-state index contributed by atoms with van der Waals surface area (Å²) in [5, 5.41) is -0.0438. The maximum absolute atomic E-state index is 13.3. The van der Waals surface area contributed by atoms with Crippen LogP contribution in [-0.2, 0) is 10.0 Å². The number of ether oxygens (including phenoxy) is 1. The summed E-state index contributed by atoms with van der Waals surface area (Å²) in [6, 6.07) is 12.5. The van der Waals surface area contributed by atoms with Crippen LogP contribution in [0.5, 0.6) is 11.6 Å². The van der Waals surface area contributed by atoms with Crippen molar-refractivity contribution in [3.63, 3.8) is 0 Å². The number of aryl methyl sites for hydroxylation is 1. The van der Waals surface area contributed by atoms with Crippen LogP contribution in [0.15, 0.2) is 59.8 Å². The lowest BCUT2D eigenvalue weighted by molar-refractivity contribution is 0.383. The molecule has 0 bridgehead atoms. The fourth-order valence-corrected chi connectivity index (χ4v) is 4.83. The van der Waals surface area contributed by atoms with E-state index in [0.29, 0.717) is 42.6 Å². The van der Waals surface area contributed by atoms with Crippen molar-refractivity contribution in [3.05, 3.63) is 71.3 Å². The minimum absolute atomic E-state index is 0.0438. The Hall–Kier alpha value is -2.75. The molecule has 3 aromatic rings. The number of hydrogen-bond acceptors (Lipinski definition) is 6. The predicted molar refractivity (Wildman–Crippen MR) is 116 cm³/mol. The van der Waals surface area contributed by atoms with Crippen molar-refractivity contribution >= 4 is 27.4 Å². The summed E-state index contributed by atoms with van der Waals surface area (Å²) in [6.07, 6.45) is 1.37. The minimum atomic E-state index is -3.53. The normalized spacial score (nSPS) is 15.1. The molecule has 31 heavy (non-hydrogen) atoms. The summed E-state index contributed by atoms with van der Waals surface area (Å²) in [5.41, 5.74) is 1.01. The highest BCUT2D eigenvalue weighted by molar-refractivity contribution is 7.89. The van der Waals surface area contributed by atoms with Crippen LogP contribution < -0.4 is 9.64 Å². The largest absolute Gasteiger partial charge is 0.439 e. The molecular weight excluding hydrogens is 443 g/mol. The van der Waals surface area contributed by atoms with Crippen LogP contribution in [0.25, 0.3) is 0 Å². The number of rotatable bonds is 5. The predicted octanol–water partition coefficient (Wildman–Crippen LogP) is 3.88. The average Bonchev–Trinajstić information content (AvgIpc) is 2.77. The van der Waals surface area contributed by atoms with E-state index in [1.807, 2.05) is 11.8 Å². The third kappa shape index (κ3) is 4.79. The average molecular weight is 463 g/mol. The van der Waals surface area contributed by atoms with Gasteiger partial charge in [0, 0.05) is 38.3 Å². The summed E-state index contributed by atoms with van der Waals surface area (Å²) in [7, 11) is -3.53. The molecule has 2 aromatic carbocycles. The van der Waals surface area contributed by atoms with Crippen LogP contribution in [-0.4, -0.2) is 48.9 Å². The van der Waals surface area contributed by atoms with Gasteiger partial charge in [0.2, 0.25) is 15.9 Å². The van der Waals surface area contributed by atoms with E-state index in [9.17, 15) is 12.8 Å². The first-order chi connectivity index (χ1) is 14.8. The first-order valence-corrected chi connectivity index (χ1v) is 11.4. The van der Waals surface area contributed by atoms with Gasteiger partial charge < -0.3 is 9.64 Å². The Bertz CT molecular complexity index is 1180. The Balaban J connectivity index is 1.43. The molecule has 0 radical (unpaired) electrons. The van der Waals surface area contributed by atoms with Crippen molar-refractivity contribution < 1.29 is 17.5 Å². The zero-order valence-corrected chi connectivity index (χ0v) is 18.3. The van der Waals surface area contributed by atoms with E-state index >= 15 is 0 Å². The Morgan fingerprint density at radius 3 is 2.39 bits per heavy atom. The Labute approximate surface area is 185 Å². The summed E-state index contributed by atoms with van der Waals surface area (Å²) in [4.78, 5) is 10.6. The van der Waals surface area contributed by atoms with Gasteiger partial charge in [0.05, 0.1) is 9.92 Å². The van der Waals surface area contributed by atoms with Gasteiger partial charge >= 0.3 is 0 Å². The fraction of sp³-hybridized carbons (Fsp3) is 0.238. The number of sulfonamides is 1. The molecule has 162 valence electrons. The summed E-state index contributed by atoms with van der Waals surface area (Å²) >= 11 is 5.79. The number of halogens is 2. The van der Waals surface area contributed by atoms with Crippen LogP contribution in [0, 0.1) is 12.7 Å². The quantitative estimate of drug-likeness (QED) is 0.572. The third-order valence-corrected chi connectivity index (χ3v) is 7.16. The van der Waals surface area contributed by atoms with Crippen LogP contribution >= 0.6 is 11.6 Å². The van der Waals surface area contributed by atoms with E-state index < -0.39 is 15.8 Å². The van der Waals surface area contributed by atoms with Gasteiger partial charge in [-0.1, -0.05) is 29.3 Å². The smallest absolute Gasteiger partial charge is 0.243 e. The summed E-state index contributed by atoms with van der Waals surface area (Å²) < 4.78 is 46.2. The fourth-order valence-electron chi connectivity index (χ4n) is 3.24. The molecule has 10 heteroatoms. The van der Waals surface area contributed by atoms with Crippen molar-refractivity contribution in [3.8, 4) is 11.6 Å². The molecule has 1 aliphatic heterocycles. The highest BCUT2D eigenvalue weighted by atomic mass is 35.5. The molecule has 1 fully saturated rings. The summed E-state index contributed by atoms with van der Waals surface area (Å²) in [6.45, 7) is 3.54. The molecule has 7 nitrogen and oxygen atoms in total. The van der Waals surface area contributed by atoms with E-state index in [1.54, 1.807) is 30.3 Å². The molecule has 0 N–H and O–H groups in total. The van der Waals surface area contributed by atoms with Gasteiger partial charge in [-0.25, -0.2) is 22.8 Å². The highest BCUT2D eigenvalue weighted by Crippen LogP contribution is 2.27. The molecule has 1 saturated heterocycles. The van der Waals surface area contributed by atoms with E-state index in [0.717, 1.165) is 5.56 Å². The van der Waals surface area contributed by atoms with Crippen LogP contribution in [0.3, 0.4) is 0 Å². The standard InChI is InChI=1S/C21H20ClFN4O3S/c1-15-2-5-17(6-3-15)31(28,29)27-10-8-26(9-11-27)20-13-21(25-14-24-20)30-16-4-7-19(23)18(22)12-16/h2-7,12-14H,8-11H2,1H3. The van der Waals surface area contributed by atoms with Gasteiger partial charge in [0.25, 0.3) is 0 Å². The van der Waals surface area contributed by atoms with Gasteiger partial charge in [0.15, 0.2) is 0 Å². The number of piperazine rings is 1. The molecular formula is C21H20ClFN4O3S. The SMILES string of the molecule is Cc1ccc(S(=O)(=O)N2CCN(c3cc(Oc4ccc(F)c(Cl)c4)ncn3)CC2)cc1. The number of aromatic nitrogens is 2. The van der Waals surface area contributed by atoms with Crippen molar-refractivity contribution in [1.82, 2.24) is 14.3 Å². The van der Waals surface area contributed by atoms with Crippen molar-refractivity contribution in [2.45, 2.75) is 11.8 Å². The number of anilines is 1. The number of nitrogens with zero attached hydrogens (tertiary/aromatic N) is 4.